The van der Waals surface area contributed by atoms with Crippen LogP contribution in [0.2, 0.25) is 0 Å². The van der Waals surface area contributed by atoms with Crippen LogP contribution in [0, 0.1) is 0 Å². The summed E-state index contributed by atoms with van der Waals surface area (Å²) in [5.74, 6) is 0. The molecule has 0 amide bonds. The van der Waals surface area contributed by atoms with Crippen LogP contribution in [-0.2, 0) is 11.8 Å². The molecular formula is C13H16. The third-order valence-corrected chi connectivity index (χ3v) is 2.63. The smallest absolute Gasteiger partial charge is 0.00881 e. The number of hydrogen-bond donors (Lipinski definition) is 0. The fourth-order valence-corrected chi connectivity index (χ4v) is 1.95. The van der Waals surface area contributed by atoms with Crippen LogP contribution < -0.4 is 0 Å². The zero-order chi connectivity index (χ0) is 9.47. The minimum atomic E-state index is 0.264. The number of fused-ring (bicyclic) bond motifs is 1. The van der Waals surface area contributed by atoms with Crippen molar-refractivity contribution < 1.29 is 0 Å². The summed E-state index contributed by atoms with van der Waals surface area (Å²) in [5.41, 5.74) is 4.67. The number of benzene rings is 1. The third-order valence-electron chi connectivity index (χ3n) is 2.63. The summed E-state index contributed by atoms with van der Waals surface area (Å²) in [6, 6.07) is 6.64. The van der Waals surface area contributed by atoms with Gasteiger partial charge in [0.15, 0.2) is 0 Å². The van der Waals surface area contributed by atoms with E-state index in [0.717, 1.165) is 6.42 Å². The summed E-state index contributed by atoms with van der Waals surface area (Å²) in [6.45, 7) is 6.82. The molecule has 0 heterocycles. The molecule has 0 atom stereocenters. The van der Waals surface area contributed by atoms with Gasteiger partial charge in [-0.3, -0.25) is 0 Å². The Morgan fingerprint density at radius 3 is 2.62 bits per heavy atom. The Balaban J connectivity index is 2.59. The van der Waals surface area contributed by atoms with E-state index < -0.39 is 0 Å². The van der Waals surface area contributed by atoms with Gasteiger partial charge in [-0.1, -0.05) is 51.1 Å². The normalized spacial score (nSPS) is 14.7. The van der Waals surface area contributed by atoms with Gasteiger partial charge in [-0.2, -0.15) is 0 Å². The van der Waals surface area contributed by atoms with E-state index in [4.69, 9.17) is 0 Å². The summed E-state index contributed by atoms with van der Waals surface area (Å²) in [6.07, 6.45) is 5.62. The quantitative estimate of drug-likeness (QED) is 0.561. The summed E-state index contributed by atoms with van der Waals surface area (Å²) in [7, 11) is 0. The average molecular weight is 172 g/mol. The van der Waals surface area contributed by atoms with Gasteiger partial charge < -0.3 is 0 Å². The van der Waals surface area contributed by atoms with Gasteiger partial charge in [-0.25, -0.2) is 0 Å². The van der Waals surface area contributed by atoms with Crippen molar-refractivity contribution in [3.05, 3.63) is 41.0 Å². The predicted octanol–water partition coefficient (Wildman–Crippen LogP) is 3.55. The van der Waals surface area contributed by atoms with Gasteiger partial charge in [0.05, 0.1) is 0 Å². The van der Waals surface area contributed by atoms with E-state index in [2.05, 4.69) is 51.1 Å². The minimum absolute atomic E-state index is 0.264. The van der Waals surface area contributed by atoms with E-state index in [1.54, 1.807) is 0 Å². The first-order valence-electron chi connectivity index (χ1n) is 4.88. The molecule has 0 spiro atoms. The zero-order valence-electron chi connectivity index (χ0n) is 8.59. The van der Waals surface area contributed by atoms with E-state index in [9.17, 15) is 0 Å². The molecule has 0 fully saturated rings. The van der Waals surface area contributed by atoms with Crippen molar-refractivity contribution in [1.82, 2.24) is 0 Å². The zero-order valence-corrected chi connectivity index (χ0v) is 8.59. The summed E-state index contributed by atoms with van der Waals surface area (Å²) >= 11 is 0. The van der Waals surface area contributed by atoms with Crippen molar-refractivity contribution in [1.29, 1.82) is 0 Å². The van der Waals surface area contributed by atoms with Gasteiger partial charge in [-0.05, 0) is 28.5 Å². The second-order valence-corrected chi connectivity index (χ2v) is 4.73. The second-order valence-electron chi connectivity index (χ2n) is 4.73. The molecule has 0 nitrogen and oxygen atoms in total. The lowest BCUT2D eigenvalue weighted by atomic mass is 9.83. The number of rotatable bonds is 0. The van der Waals surface area contributed by atoms with Gasteiger partial charge in [0.25, 0.3) is 0 Å². The Morgan fingerprint density at radius 2 is 1.92 bits per heavy atom. The molecule has 1 aliphatic rings. The van der Waals surface area contributed by atoms with Crippen molar-refractivity contribution in [3.8, 4) is 0 Å². The Bertz CT molecular complexity index is 351. The molecular weight excluding hydrogens is 156 g/mol. The average Bonchev–Trinajstić information content (AvgIpc) is 2.48. The maximum atomic E-state index is 2.27. The minimum Gasteiger partial charge on any atom is -0.0795 e. The molecule has 2 rings (SSSR count). The molecule has 0 radical (unpaired) electrons. The Morgan fingerprint density at radius 1 is 1.15 bits per heavy atom. The van der Waals surface area contributed by atoms with E-state index in [-0.39, 0.29) is 5.41 Å². The fraction of sp³-hybridized carbons (Fsp3) is 0.385. The highest BCUT2D eigenvalue weighted by molar-refractivity contribution is 5.64. The van der Waals surface area contributed by atoms with Crippen LogP contribution in [0.5, 0.6) is 0 Å². The molecule has 0 saturated carbocycles. The molecule has 13 heavy (non-hydrogen) atoms. The molecule has 1 aromatic rings. The fourth-order valence-electron chi connectivity index (χ4n) is 1.95. The number of hydrogen-bond acceptors (Lipinski definition) is 0. The van der Waals surface area contributed by atoms with Crippen LogP contribution in [0.25, 0.3) is 6.08 Å². The largest absolute Gasteiger partial charge is 0.0795 e. The molecule has 0 unspecified atom stereocenters. The summed E-state index contributed by atoms with van der Waals surface area (Å²) in [5, 5.41) is 0. The molecule has 1 aromatic carbocycles. The van der Waals surface area contributed by atoms with Crippen LogP contribution in [-0.4, -0.2) is 0 Å². The summed E-state index contributed by atoms with van der Waals surface area (Å²) < 4.78 is 0. The molecule has 1 aliphatic carbocycles. The standard InChI is InChI=1S/C13H16/c1-13(2,3)12-9-5-7-10-6-4-8-11(10)12/h4-5,7-9H,6H2,1-3H3. The van der Waals surface area contributed by atoms with Gasteiger partial charge >= 0.3 is 0 Å². The molecule has 0 saturated heterocycles. The van der Waals surface area contributed by atoms with Crippen LogP contribution in [0.4, 0.5) is 0 Å². The first kappa shape index (κ1) is 8.55. The van der Waals surface area contributed by atoms with Crippen molar-refractivity contribution >= 4 is 6.08 Å². The topological polar surface area (TPSA) is 0 Å². The Kier molecular flexibility index (Phi) is 1.80. The lowest BCUT2D eigenvalue weighted by Crippen LogP contribution is -2.13. The first-order chi connectivity index (χ1) is 6.09. The second kappa shape index (κ2) is 2.73. The highest BCUT2D eigenvalue weighted by Gasteiger charge is 2.19. The first-order valence-corrected chi connectivity index (χ1v) is 4.88. The molecule has 0 N–H and O–H groups in total. The maximum Gasteiger partial charge on any atom is -0.00881 e. The van der Waals surface area contributed by atoms with E-state index in [1.165, 1.54) is 16.7 Å². The Hall–Kier alpha value is -1.04. The highest BCUT2D eigenvalue weighted by Crippen LogP contribution is 2.31. The lowest BCUT2D eigenvalue weighted by Gasteiger charge is -2.22. The van der Waals surface area contributed by atoms with Gasteiger partial charge in [0.1, 0.15) is 0 Å². The summed E-state index contributed by atoms with van der Waals surface area (Å²) in [4.78, 5) is 0. The van der Waals surface area contributed by atoms with Crippen LogP contribution in [0.3, 0.4) is 0 Å². The third kappa shape index (κ3) is 1.41. The molecule has 0 aromatic heterocycles. The molecule has 0 aliphatic heterocycles. The maximum absolute atomic E-state index is 2.27. The van der Waals surface area contributed by atoms with Crippen LogP contribution in [0.1, 0.15) is 37.5 Å². The van der Waals surface area contributed by atoms with Crippen molar-refractivity contribution in [3.63, 3.8) is 0 Å². The van der Waals surface area contributed by atoms with E-state index >= 15 is 0 Å². The van der Waals surface area contributed by atoms with Gasteiger partial charge in [0.2, 0.25) is 0 Å². The van der Waals surface area contributed by atoms with E-state index in [1.807, 2.05) is 0 Å². The van der Waals surface area contributed by atoms with Crippen molar-refractivity contribution in [2.45, 2.75) is 32.6 Å². The Labute approximate surface area is 80.3 Å². The predicted molar refractivity (Wildman–Crippen MR) is 57.9 cm³/mol. The molecule has 68 valence electrons. The number of allylic oxidation sites excluding steroid dienone is 1. The monoisotopic (exact) mass is 172 g/mol. The lowest BCUT2D eigenvalue weighted by molar-refractivity contribution is 0.588. The van der Waals surface area contributed by atoms with E-state index in [0.29, 0.717) is 0 Å². The van der Waals surface area contributed by atoms with Crippen LogP contribution in [0.15, 0.2) is 24.3 Å². The van der Waals surface area contributed by atoms with Gasteiger partial charge in [-0.15, -0.1) is 0 Å². The van der Waals surface area contributed by atoms with Gasteiger partial charge in [0, 0.05) is 0 Å². The molecule has 0 heteroatoms. The van der Waals surface area contributed by atoms with Crippen LogP contribution >= 0.6 is 0 Å². The molecule has 0 bridgehead atoms. The highest BCUT2D eigenvalue weighted by atomic mass is 14.2. The SMILES string of the molecule is CC(C)(C)c1cccc2c1C=CC2. The van der Waals surface area contributed by atoms with Crippen molar-refractivity contribution in [2.24, 2.45) is 0 Å². The van der Waals surface area contributed by atoms with Crippen molar-refractivity contribution in [2.75, 3.05) is 0 Å².